The van der Waals surface area contributed by atoms with E-state index in [4.69, 9.17) is 5.73 Å². The summed E-state index contributed by atoms with van der Waals surface area (Å²) in [5, 5.41) is 0. The molecule has 1 heterocycles. The summed E-state index contributed by atoms with van der Waals surface area (Å²) in [6.45, 7) is 3.94. The number of amides is 1. The number of nitrogens with zero attached hydrogens (tertiary/aromatic N) is 3. The summed E-state index contributed by atoms with van der Waals surface area (Å²) >= 11 is 0. The van der Waals surface area contributed by atoms with E-state index in [1.165, 1.54) is 0 Å². The van der Waals surface area contributed by atoms with Crippen molar-refractivity contribution >= 4 is 17.3 Å². The van der Waals surface area contributed by atoms with Crippen LogP contribution in [0, 0.1) is 0 Å². The molecule has 0 atom stereocenters. The van der Waals surface area contributed by atoms with Gasteiger partial charge in [0, 0.05) is 44.6 Å². The van der Waals surface area contributed by atoms with Gasteiger partial charge in [0.25, 0.3) is 0 Å². The Kier molecular flexibility index (Phi) is 4.27. The van der Waals surface area contributed by atoms with E-state index in [1.54, 1.807) is 0 Å². The Labute approximate surface area is 114 Å². The molecule has 1 aliphatic heterocycles. The summed E-state index contributed by atoms with van der Waals surface area (Å²) in [7, 11) is 4.00. The molecule has 5 heteroatoms. The molecule has 0 bridgehead atoms. The second-order valence-corrected chi connectivity index (χ2v) is 5.14. The monoisotopic (exact) mass is 262 g/mol. The molecule has 0 saturated carbocycles. The second kappa shape index (κ2) is 5.93. The van der Waals surface area contributed by atoms with Crippen LogP contribution in [0.4, 0.5) is 11.4 Å². The number of nitrogens with two attached hydrogens (primary N) is 1. The lowest BCUT2D eigenvalue weighted by atomic mass is 10.2. The van der Waals surface area contributed by atoms with E-state index in [-0.39, 0.29) is 5.91 Å². The Balaban J connectivity index is 1.91. The zero-order valence-corrected chi connectivity index (χ0v) is 11.7. The number of anilines is 2. The number of benzene rings is 1. The lowest BCUT2D eigenvalue weighted by Gasteiger charge is -2.33. The molecule has 2 rings (SSSR count). The lowest BCUT2D eigenvalue weighted by molar-refractivity contribution is -0.131. The van der Waals surface area contributed by atoms with E-state index in [9.17, 15) is 4.79 Å². The predicted octanol–water partition coefficient (Wildman–Crippen LogP) is 0.479. The highest BCUT2D eigenvalue weighted by Crippen LogP contribution is 2.16. The van der Waals surface area contributed by atoms with Crippen molar-refractivity contribution in [3.05, 3.63) is 24.3 Å². The van der Waals surface area contributed by atoms with Crippen LogP contribution in [0.5, 0.6) is 0 Å². The molecule has 5 nitrogen and oxygen atoms in total. The minimum atomic E-state index is 0.179. The van der Waals surface area contributed by atoms with Crippen molar-refractivity contribution in [3.63, 3.8) is 0 Å². The largest absolute Gasteiger partial charge is 0.399 e. The van der Waals surface area contributed by atoms with Crippen LogP contribution in [0.25, 0.3) is 0 Å². The van der Waals surface area contributed by atoms with E-state index in [1.807, 2.05) is 41.1 Å². The van der Waals surface area contributed by atoms with E-state index in [0.29, 0.717) is 6.54 Å². The molecule has 1 fully saturated rings. The van der Waals surface area contributed by atoms with Gasteiger partial charge in [-0.05, 0) is 25.2 Å². The highest BCUT2D eigenvalue weighted by Gasteiger charge is 2.20. The quantitative estimate of drug-likeness (QED) is 0.805. The van der Waals surface area contributed by atoms with E-state index in [0.717, 1.165) is 37.6 Å². The van der Waals surface area contributed by atoms with Gasteiger partial charge < -0.3 is 20.4 Å². The first-order valence-corrected chi connectivity index (χ1v) is 6.59. The summed E-state index contributed by atoms with van der Waals surface area (Å²) in [6, 6.07) is 7.60. The number of hydrogen-bond donors (Lipinski definition) is 1. The zero-order chi connectivity index (χ0) is 13.8. The Hall–Kier alpha value is -1.75. The number of carbonyl (C=O) groups excluding carboxylic acids is 1. The predicted molar refractivity (Wildman–Crippen MR) is 78.2 cm³/mol. The number of likely N-dealkylation sites (N-methyl/N-ethyl adjacent to an activating group) is 2. The van der Waals surface area contributed by atoms with Gasteiger partial charge in [-0.15, -0.1) is 0 Å². The number of piperazine rings is 1. The standard InChI is InChI=1S/C14H22N4O/c1-16-6-8-18(9-7-16)14(19)11-17(2)13-5-3-4-12(15)10-13/h3-5,10H,6-9,11,15H2,1-2H3. The number of hydrogen-bond acceptors (Lipinski definition) is 4. The molecular weight excluding hydrogens is 240 g/mol. The molecule has 0 spiro atoms. The van der Waals surface area contributed by atoms with Crippen molar-refractivity contribution in [2.75, 3.05) is 57.5 Å². The van der Waals surface area contributed by atoms with Gasteiger partial charge in [0.15, 0.2) is 0 Å². The maximum Gasteiger partial charge on any atom is 0.242 e. The molecule has 1 aromatic carbocycles. The Morgan fingerprint density at radius 3 is 2.63 bits per heavy atom. The van der Waals surface area contributed by atoms with Crippen LogP contribution < -0.4 is 10.6 Å². The molecule has 0 aromatic heterocycles. The SMILES string of the molecule is CN1CCN(C(=O)CN(C)c2cccc(N)c2)CC1. The molecule has 1 amide bonds. The summed E-state index contributed by atoms with van der Waals surface area (Å²) in [4.78, 5) is 18.3. The van der Waals surface area contributed by atoms with Gasteiger partial charge in [0.05, 0.1) is 6.54 Å². The second-order valence-electron chi connectivity index (χ2n) is 5.14. The van der Waals surface area contributed by atoms with E-state index >= 15 is 0 Å². The van der Waals surface area contributed by atoms with Crippen molar-refractivity contribution in [2.24, 2.45) is 0 Å². The Bertz CT molecular complexity index is 441. The highest BCUT2D eigenvalue weighted by molar-refractivity contribution is 5.81. The Morgan fingerprint density at radius 2 is 2.00 bits per heavy atom. The molecule has 1 aromatic rings. The van der Waals surface area contributed by atoms with Crippen molar-refractivity contribution < 1.29 is 4.79 Å². The van der Waals surface area contributed by atoms with Crippen molar-refractivity contribution in [1.29, 1.82) is 0 Å². The first-order valence-electron chi connectivity index (χ1n) is 6.59. The number of carbonyl (C=O) groups is 1. The number of rotatable bonds is 3. The molecule has 1 aliphatic rings. The maximum atomic E-state index is 12.2. The van der Waals surface area contributed by atoms with Crippen LogP contribution >= 0.6 is 0 Å². The fourth-order valence-corrected chi connectivity index (χ4v) is 2.21. The maximum absolute atomic E-state index is 12.2. The van der Waals surface area contributed by atoms with Crippen molar-refractivity contribution in [1.82, 2.24) is 9.80 Å². The zero-order valence-electron chi connectivity index (χ0n) is 11.7. The molecule has 1 saturated heterocycles. The average Bonchev–Trinajstić information content (AvgIpc) is 2.39. The first-order chi connectivity index (χ1) is 9.06. The average molecular weight is 262 g/mol. The van der Waals surface area contributed by atoms with Gasteiger partial charge in [0.2, 0.25) is 5.91 Å². The van der Waals surface area contributed by atoms with E-state index < -0.39 is 0 Å². The summed E-state index contributed by atoms with van der Waals surface area (Å²) in [6.07, 6.45) is 0. The normalized spacial score (nSPS) is 16.4. The first kappa shape index (κ1) is 13.7. The molecule has 2 N–H and O–H groups in total. The molecule has 0 unspecified atom stereocenters. The van der Waals surface area contributed by atoms with Crippen LogP contribution in [-0.2, 0) is 4.79 Å². The van der Waals surface area contributed by atoms with Crippen LogP contribution in [0.1, 0.15) is 0 Å². The van der Waals surface area contributed by atoms with Crippen LogP contribution in [0.15, 0.2) is 24.3 Å². The third kappa shape index (κ3) is 3.61. The van der Waals surface area contributed by atoms with Crippen molar-refractivity contribution in [3.8, 4) is 0 Å². The van der Waals surface area contributed by atoms with Crippen LogP contribution in [0.3, 0.4) is 0 Å². The van der Waals surface area contributed by atoms with Gasteiger partial charge in [-0.2, -0.15) is 0 Å². The third-order valence-electron chi connectivity index (χ3n) is 3.54. The lowest BCUT2D eigenvalue weighted by Crippen LogP contribution is -2.49. The van der Waals surface area contributed by atoms with E-state index in [2.05, 4.69) is 11.9 Å². The van der Waals surface area contributed by atoms with Gasteiger partial charge in [-0.3, -0.25) is 4.79 Å². The van der Waals surface area contributed by atoms with Gasteiger partial charge in [0.1, 0.15) is 0 Å². The topological polar surface area (TPSA) is 52.8 Å². The molecule has 0 aliphatic carbocycles. The fraction of sp³-hybridized carbons (Fsp3) is 0.500. The summed E-state index contributed by atoms with van der Waals surface area (Å²) in [5.41, 5.74) is 7.45. The number of nitrogen functional groups attached to an aromatic ring is 1. The van der Waals surface area contributed by atoms with Crippen LogP contribution in [-0.4, -0.2) is 62.5 Å². The molecule has 0 radical (unpaired) electrons. The van der Waals surface area contributed by atoms with Gasteiger partial charge in [-0.25, -0.2) is 0 Å². The molecule has 104 valence electrons. The highest BCUT2D eigenvalue weighted by atomic mass is 16.2. The summed E-state index contributed by atoms with van der Waals surface area (Å²) in [5.74, 6) is 0.179. The summed E-state index contributed by atoms with van der Waals surface area (Å²) < 4.78 is 0. The molecule has 19 heavy (non-hydrogen) atoms. The van der Waals surface area contributed by atoms with Gasteiger partial charge in [-0.1, -0.05) is 6.07 Å². The van der Waals surface area contributed by atoms with Gasteiger partial charge >= 0.3 is 0 Å². The third-order valence-corrected chi connectivity index (χ3v) is 3.54. The minimum absolute atomic E-state index is 0.179. The Morgan fingerprint density at radius 1 is 1.32 bits per heavy atom. The smallest absolute Gasteiger partial charge is 0.242 e. The fourth-order valence-electron chi connectivity index (χ4n) is 2.21. The minimum Gasteiger partial charge on any atom is -0.399 e. The van der Waals surface area contributed by atoms with Crippen LogP contribution in [0.2, 0.25) is 0 Å². The van der Waals surface area contributed by atoms with Crippen molar-refractivity contribution in [2.45, 2.75) is 0 Å². The molecular formula is C14H22N4O.